The van der Waals surface area contributed by atoms with Crippen LogP contribution >= 0.6 is 0 Å². The zero-order valence-electron chi connectivity index (χ0n) is 5.40. The van der Waals surface area contributed by atoms with Crippen LogP contribution in [-0.4, -0.2) is 5.11 Å². The number of benzene rings is 1. The number of aromatic hydroxyl groups is 1. The molecule has 0 saturated heterocycles. The first kappa shape index (κ1) is 7.37. The lowest BCUT2D eigenvalue weighted by molar-refractivity contribution is 0.473. The summed E-state index contributed by atoms with van der Waals surface area (Å²) in [5, 5.41) is 11.8. The van der Waals surface area contributed by atoms with Gasteiger partial charge in [0.2, 0.25) is 0 Å². The Kier molecular flexibility index (Phi) is 1.94. The predicted octanol–water partition coefficient (Wildman–Crippen LogP) is 2.47. The highest BCUT2D eigenvalue weighted by molar-refractivity contribution is 5.43. The summed E-state index contributed by atoms with van der Waals surface area (Å²) in [6.07, 6.45) is 0. The first-order chi connectivity index (χ1) is 5.24. The van der Waals surface area contributed by atoms with Crippen LogP contribution in [0.15, 0.2) is 23.3 Å². The van der Waals surface area contributed by atoms with Crippen molar-refractivity contribution in [3.05, 3.63) is 34.5 Å². The van der Waals surface area contributed by atoms with Gasteiger partial charge in [-0.05, 0) is 23.7 Å². The molecule has 0 aliphatic carbocycles. The van der Waals surface area contributed by atoms with Crippen LogP contribution in [0, 0.1) is 5.82 Å². The molecular formula is C6H4FN3O. The monoisotopic (exact) mass is 153 g/mol. The highest BCUT2D eigenvalue weighted by Crippen LogP contribution is 2.22. The Morgan fingerprint density at radius 3 is 2.91 bits per heavy atom. The van der Waals surface area contributed by atoms with Crippen LogP contribution in [-0.2, 0) is 0 Å². The molecule has 1 aromatic carbocycles. The van der Waals surface area contributed by atoms with Crippen molar-refractivity contribution >= 4 is 5.69 Å². The average Bonchev–Trinajstić information content (AvgIpc) is 1.98. The third-order valence-electron chi connectivity index (χ3n) is 1.08. The zero-order valence-corrected chi connectivity index (χ0v) is 5.40. The maximum atomic E-state index is 12.6. The fourth-order valence-corrected chi connectivity index (χ4v) is 0.626. The number of halogens is 1. The molecule has 4 nitrogen and oxygen atoms in total. The number of azide groups is 1. The zero-order chi connectivity index (χ0) is 8.27. The van der Waals surface area contributed by atoms with Crippen molar-refractivity contribution in [2.45, 2.75) is 0 Å². The second-order valence-electron chi connectivity index (χ2n) is 1.83. The topological polar surface area (TPSA) is 69.0 Å². The number of phenolic OH excluding ortho intramolecular Hbond substituents is 1. The van der Waals surface area contributed by atoms with E-state index in [1.807, 2.05) is 0 Å². The van der Waals surface area contributed by atoms with Crippen molar-refractivity contribution in [2.75, 3.05) is 0 Å². The summed E-state index contributed by atoms with van der Waals surface area (Å²) in [4.78, 5) is 2.38. The maximum absolute atomic E-state index is 12.6. The standard InChI is InChI=1S/C6H4FN3O/c7-5-2-1-4(11)3-6(5)9-10-8/h1-3,11H. The van der Waals surface area contributed by atoms with Gasteiger partial charge in [0.15, 0.2) is 0 Å². The Morgan fingerprint density at radius 1 is 1.55 bits per heavy atom. The summed E-state index contributed by atoms with van der Waals surface area (Å²) in [6, 6.07) is 3.25. The molecule has 0 atom stereocenters. The summed E-state index contributed by atoms with van der Waals surface area (Å²) in [5.74, 6) is -0.783. The molecule has 0 amide bonds. The maximum Gasteiger partial charge on any atom is 0.133 e. The first-order valence-corrected chi connectivity index (χ1v) is 2.77. The lowest BCUT2D eigenvalue weighted by atomic mass is 10.3. The molecule has 0 spiro atoms. The van der Waals surface area contributed by atoms with Crippen LogP contribution in [0.2, 0.25) is 0 Å². The fourth-order valence-electron chi connectivity index (χ4n) is 0.626. The molecule has 0 bridgehead atoms. The largest absolute Gasteiger partial charge is 0.508 e. The Bertz CT molecular complexity index is 320. The summed E-state index contributed by atoms with van der Waals surface area (Å²) in [7, 11) is 0. The van der Waals surface area contributed by atoms with Gasteiger partial charge < -0.3 is 5.11 Å². The number of phenols is 1. The second kappa shape index (κ2) is 2.90. The van der Waals surface area contributed by atoms with E-state index in [4.69, 9.17) is 10.6 Å². The molecule has 1 aromatic rings. The van der Waals surface area contributed by atoms with Crippen molar-refractivity contribution in [3.8, 4) is 5.75 Å². The van der Waals surface area contributed by atoms with Gasteiger partial charge in [-0.15, -0.1) is 0 Å². The molecule has 1 N–H and O–H groups in total. The van der Waals surface area contributed by atoms with Gasteiger partial charge in [0.05, 0.1) is 5.69 Å². The molecule has 0 radical (unpaired) electrons. The van der Waals surface area contributed by atoms with Crippen molar-refractivity contribution in [2.24, 2.45) is 5.11 Å². The molecule has 0 aliphatic heterocycles. The van der Waals surface area contributed by atoms with Gasteiger partial charge >= 0.3 is 0 Å². The summed E-state index contributed by atoms with van der Waals surface area (Å²) >= 11 is 0. The quantitative estimate of drug-likeness (QED) is 0.375. The van der Waals surface area contributed by atoms with Crippen LogP contribution in [0.25, 0.3) is 10.4 Å². The molecule has 0 unspecified atom stereocenters. The molecule has 0 fully saturated rings. The number of nitrogens with zero attached hydrogens (tertiary/aromatic N) is 3. The van der Waals surface area contributed by atoms with E-state index in [1.54, 1.807) is 0 Å². The van der Waals surface area contributed by atoms with Crippen molar-refractivity contribution in [1.29, 1.82) is 0 Å². The van der Waals surface area contributed by atoms with Gasteiger partial charge in [-0.25, -0.2) is 4.39 Å². The van der Waals surface area contributed by atoms with Gasteiger partial charge in [-0.2, -0.15) is 0 Å². The second-order valence-corrected chi connectivity index (χ2v) is 1.83. The number of rotatable bonds is 1. The Labute approximate surface area is 61.5 Å². The molecule has 0 aliphatic rings. The number of hydrogen-bond donors (Lipinski definition) is 1. The van der Waals surface area contributed by atoms with E-state index in [9.17, 15) is 4.39 Å². The van der Waals surface area contributed by atoms with Gasteiger partial charge in [-0.1, -0.05) is 5.11 Å². The van der Waals surface area contributed by atoms with Crippen LogP contribution in [0.5, 0.6) is 5.75 Å². The molecule has 11 heavy (non-hydrogen) atoms. The lowest BCUT2D eigenvalue weighted by Gasteiger charge is -1.94. The van der Waals surface area contributed by atoms with Crippen molar-refractivity contribution in [3.63, 3.8) is 0 Å². The molecule has 1 rings (SSSR count). The van der Waals surface area contributed by atoms with E-state index in [-0.39, 0.29) is 11.4 Å². The highest BCUT2D eigenvalue weighted by atomic mass is 19.1. The minimum atomic E-state index is -0.652. The lowest BCUT2D eigenvalue weighted by Crippen LogP contribution is -1.72. The average molecular weight is 153 g/mol. The van der Waals surface area contributed by atoms with E-state index < -0.39 is 5.82 Å². The normalized spacial score (nSPS) is 8.82. The highest BCUT2D eigenvalue weighted by Gasteiger charge is 1.98. The van der Waals surface area contributed by atoms with Crippen LogP contribution in [0.3, 0.4) is 0 Å². The Balaban J connectivity index is 3.22. The van der Waals surface area contributed by atoms with Gasteiger partial charge in [0, 0.05) is 4.91 Å². The van der Waals surface area contributed by atoms with Gasteiger partial charge in [0.1, 0.15) is 11.6 Å². The van der Waals surface area contributed by atoms with Gasteiger partial charge in [0.25, 0.3) is 0 Å². The van der Waals surface area contributed by atoms with E-state index in [0.717, 1.165) is 12.1 Å². The Morgan fingerprint density at radius 2 is 2.27 bits per heavy atom. The minimum Gasteiger partial charge on any atom is -0.508 e. The summed E-state index contributed by atoms with van der Waals surface area (Å²) < 4.78 is 12.6. The van der Waals surface area contributed by atoms with E-state index in [0.29, 0.717) is 0 Å². The van der Waals surface area contributed by atoms with Crippen molar-refractivity contribution in [1.82, 2.24) is 0 Å². The smallest absolute Gasteiger partial charge is 0.133 e. The molecule has 5 heteroatoms. The number of hydrogen-bond acceptors (Lipinski definition) is 2. The summed E-state index contributed by atoms with van der Waals surface area (Å²) in [6.45, 7) is 0. The molecular weight excluding hydrogens is 149 g/mol. The fraction of sp³-hybridized carbons (Fsp3) is 0. The minimum absolute atomic E-state index is 0.131. The van der Waals surface area contributed by atoms with E-state index in [1.165, 1.54) is 6.07 Å². The van der Waals surface area contributed by atoms with Crippen LogP contribution in [0.1, 0.15) is 0 Å². The van der Waals surface area contributed by atoms with Crippen LogP contribution in [0.4, 0.5) is 10.1 Å². The first-order valence-electron chi connectivity index (χ1n) is 2.77. The summed E-state index contributed by atoms with van der Waals surface area (Å²) in [5.41, 5.74) is 7.74. The molecule has 0 saturated carbocycles. The molecule has 0 heterocycles. The van der Waals surface area contributed by atoms with Crippen molar-refractivity contribution < 1.29 is 9.50 Å². The van der Waals surface area contributed by atoms with Crippen LogP contribution < -0.4 is 0 Å². The SMILES string of the molecule is [N-]=[N+]=Nc1cc(O)ccc1F. The van der Waals surface area contributed by atoms with E-state index in [2.05, 4.69) is 10.0 Å². The van der Waals surface area contributed by atoms with Gasteiger partial charge in [-0.3, -0.25) is 0 Å². The third-order valence-corrected chi connectivity index (χ3v) is 1.08. The third kappa shape index (κ3) is 1.59. The molecule has 0 aromatic heterocycles. The van der Waals surface area contributed by atoms with E-state index >= 15 is 0 Å². The predicted molar refractivity (Wildman–Crippen MR) is 36.9 cm³/mol. The Hall–Kier alpha value is -1.74. The molecule has 56 valence electrons.